The molecule has 0 radical (unpaired) electrons. The molecule has 0 fully saturated rings. The van der Waals surface area contributed by atoms with E-state index in [1.165, 1.54) is 9.75 Å². The van der Waals surface area contributed by atoms with Gasteiger partial charge >= 0.3 is 6.09 Å². The molecule has 0 aliphatic carbocycles. The molecular weight excluding hydrogens is 286 g/mol. The largest absolute Gasteiger partial charge is 0.440 e. The highest BCUT2D eigenvalue weighted by atomic mass is 32.2. The van der Waals surface area contributed by atoms with Crippen molar-refractivity contribution in [3.05, 3.63) is 65.6 Å². The number of anilines is 1. The van der Waals surface area contributed by atoms with E-state index in [9.17, 15) is 4.79 Å². The summed E-state index contributed by atoms with van der Waals surface area (Å²) in [7, 11) is 1.16. The maximum absolute atomic E-state index is 12.1. The lowest BCUT2D eigenvalue weighted by Crippen LogP contribution is -2.34. The molecule has 0 unspecified atom stereocenters. The van der Waals surface area contributed by atoms with Crippen molar-refractivity contribution >= 4 is 22.7 Å². The first-order chi connectivity index (χ1) is 10.2. The predicted octanol–water partition coefficient (Wildman–Crippen LogP) is 2.97. The van der Waals surface area contributed by atoms with Crippen LogP contribution in [-0.4, -0.2) is 23.1 Å². The highest BCUT2D eigenvalue weighted by molar-refractivity contribution is 8.22. The van der Waals surface area contributed by atoms with E-state index >= 15 is 0 Å². The maximum Gasteiger partial charge on any atom is 0.440 e. The van der Waals surface area contributed by atoms with Crippen molar-refractivity contribution in [3.8, 4) is 0 Å². The smallest absolute Gasteiger partial charge is 0.299 e. The van der Waals surface area contributed by atoms with Crippen molar-refractivity contribution in [2.75, 3.05) is 11.9 Å². The van der Waals surface area contributed by atoms with E-state index < -0.39 is 17.0 Å². The molecule has 1 aliphatic heterocycles. The van der Waals surface area contributed by atoms with E-state index in [0.29, 0.717) is 0 Å². The first-order valence-corrected chi connectivity index (χ1v) is 7.92. The van der Waals surface area contributed by atoms with Gasteiger partial charge in [-0.25, -0.2) is 4.79 Å². The molecule has 1 amide bonds. The molecule has 5 nitrogen and oxygen atoms in total. The SMILES string of the molecule is CN(C(=O)On1ccc([SH]2C=CC=C2)n1)c1ccccc1. The molecule has 0 atom stereocenters. The van der Waals surface area contributed by atoms with Gasteiger partial charge in [0.1, 0.15) is 5.03 Å². The van der Waals surface area contributed by atoms with E-state index in [1.807, 2.05) is 48.6 Å². The van der Waals surface area contributed by atoms with Crippen molar-refractivity contribution in [2.24, 2.45) is 0 Å². The summed E-state index contributed by atoms with van der Waals surface area (Å²) in [6.07, 6.45) is 5.16. The molecule has 1 aliphatic rings. The van der Waals surface area contributed by atoms with Crippen molar-refractivity contribution < 1.29 is 9.63 Å². The predicted molar refractivity (Wildman–Crippen MR) is 84.6 cm³/mol. The Morgan fingerprint density at radius 2 is 1.90 bits per heavy atom. The fraction of sp³-hybridized carbons (Fsp3) is 0.0667. The lowest BCUT2D eigenvalue weighted by molar-refractivity contribution is 0.122. The summed E-state index contributed by atoms with van der Waals surface area (Å²) in [4.78, 5) is 19.9. The molecule has 3 rings (SSSR count). The number of carbonyl (C=O) groups is 1. The number of amides is 1. The molecule has 0 saturated carbocycles. The molecule has 0 bridgehead atoms. The second-order valence-electron chi connectivity index (χ2n) is 4.42. The van der Waals surface area contributed by atoms with Gasteiger partial charge in [-0.2, -0.15) is 10.9 Å². The van der Waals surface area contributed by atoms with Gasteiger partial charge in [0, 0.05) is 12.7 Å². The fourth-order valence-electron chi connectivity index (χ4n) is 1.87. The molecule has 2 heterocycles. The monoisotopic (exact) mass is 301 g/mol. The third kappa shape index (κ3) is 3.00. The van der Waals surface area contributed by atoms with Crippen LogP contribution in [0.4, 0.5) is 10.5 Å². The Labute approximate surface area is 125 Å². The second-order valence-corrected chi connectivity index (χ2v) is 6.29. The number of hydrogen-bond donors (Lipinski definition) is 1. The van der Waals surface area contributed by atoms with Crippen LogP contribution in [-0.2, 0) is 0 Å². The topological polar surface area (TPSA) is 47.4 Å². The van der Waals surface area contributed by atoms with Gasteiger partial charge in [-0.1, -0.05) is 35.2 Å². The lowest BCUT2D eigenvalue weighted by Gasteiger charge is -2.15. The van der Waals surface area contributed by atoms with Crippen molar-refractivity contribution in [1.29, 1.82) is 0 Å². The van der Waals surface area contributed by atoms with Gasteiger partial charge in [0.15, 0.2) is 0 Å². The Morgan fingerprint density at radius 1 is 1.19 bits per heavy atom. The number of allylic oxidation sites excluding steroid dienone is 2. The van der Waals surface area contributed by atoms with Crippen molar-refractivity contribution in [1.82, 2.24) is 9.94 Å². The highest BCUT2D eigenvalue weighted by Gasteiger charge is 2.15. The van der Waals surface area contributed by atoms with Crippen LogP contribution in [0.25, 0.3) is 0 Å². The van der Waals surface area contributed by atoms with Gasteiger partial charge in [0.25, 0.3) is 0 Å². The average Bonchev–Trinajstić information content (AvgIpc) is 3.18. The molecule has 1 aromatic carbocycles. The van der Waals surface area contributed by atoms with Gasteiger partial charge in [0.05, 0.1) is 6.20 Å². The molecular formula is C15H15N3O2S. The third-order valence-corrected chi connectivity index (χ3v) is 4.76. The van der Waals surface area contributed by atoms with Crippen LogP contribution in [0.3, 0.4) is 0 Å². The molecule has 1 aromatic heterocycles. The van der Waals surface area contributed by atoms with E-state index in [-0.39, 0.29) is 0 Å². The van der Waals surface area contributed by atoms with Gasteiger partial charge in [-0.15, -0.1) is 5.10 Å². The Morgan fingerprint density at radius 3 is 2.62 bits per heavy atom. The summed E-state index contributed by atoms with van der Waals surface area (Å²) >= 11 is 0. The number of hydrogen-bond acceptors (Lipinski definition) is 3. The summed E-state index contributed by atoms with van der Waals surface area (Å²) in [6.45, 7) is 0. The molecule has 0 spiro atoms. The second kappa shape index (κ2) is 5.88. The van der Waals surface area contributed by atoms with E-state index in [1.54, 1.807) is 13.2 Å². The van der Waals surface area contributed by atoms with Crippen LogP contribution in [0.2, 0.25) is 0 Å². The summed E-state index contributed by atoms with van der Waals surface area (Å²) in [5.74, 6) is 0. The quantitative estimate of drug-likeness (QED) is 0.887. The standard InChI is InChI=1S/C15H15N3O2S/c1-17(13-7-3-2-4-8-13)15(19)20-18-10-9-14(16-18)21-11-5-6-12-21/h2-12,21H,1H3. The Kier molecular flexibility index (Phi) is 3.79. The number of thiol groups is 1. The highest BCUT2D eigenvalue weighted by Crippen LogP contribution is 2.40. The number of para-hydroxylation sites is 1. The first kappa shape index (κ1) is 13.5. The van der Waals surface area contributed by atoms with Gasteiger partial charge in [0.2, 0.25) is 0 Å². The van der Waals surface area contributed by atoms with Crippen LogP contribution in [0.15, 0.2) is 70.6 Å². The Bertz CT molecular complexity index is 682. The molecule has 21 heavy (non-hydrogen) atoms. The summed E-state index contributed by atoms with van der Waals surface area (Å²) in [5.41, 5.74) is 0.765. The first-order valence-electron chi connectivity index (χ1n) is 6.44. The molecule has 0 saturated heterocycles. The van der Waals surface area contributed by atoms with Crippen LogP contribution in [0.1, 0.15) is 0 Å². The summed E-state index contributed by atoms with van der Waals surface area (Å²) < 4.78 is 0. The normalized spacial score (nSPS) is 14.4. The molecule has 6 heteroatoms. The lowest BCUT2D eigenvalue weighted by atomic mass is 10.3. The summed E-state index contributed by atoms with van der Waals surface area (Å²) in [5, 5.41) is 9.38. The van der Waals surface area contributed by atoms with Crippen molar-refractivity contribution in [3.63, 3.8) is 0 Å². The number of aromatic nitrogens is 2. The van der Waals surface area contributed by atoms with E-state index in [4.69, 9.17) is 4.84 Å². The van der Waals surface area contributed by atoms with Crippen molar-refractivity contribution in [2.45, 2.75) is 5.03 Å². The van der Waals surface area contributed by atoms with Crippen LogP contribution >= 0.6 is 10.9 Å². The van der Waals surface area contributed by atoms with Crippen LogP contribution < -0.4 is 9.74 Å². The zero-order chi connectivity index (χ0) is 14.7. The number of nitrogens with zero attached hydrogens (tertiary/aromatic N) is 3. The minimum atomic E-state index is -0.502. The van der Waals surface area contributed by atoms with E-state index in [0.717, 1.165) is 10.7 Å². The molecule has 0 N–H and O–H groups in total. The zero-order valence-electron chi connectivity index (χ0n) is 11.5. The summed E-state index contributed by atoms with van der Waals surface area (Å²) in [6, 6.07) is 11.2. The minimum Gasteiger partial charge on any atom is -0.299 e. The van der Waals surface area contributed by atoms with Gasteiger partial charge in [-0.3, -0.25) is 9.74 Å². The molecule has 108 valence electrons. The zero-order valence-corrected chi connectivity index (χ0v) is 12.4. The van der Waals surface area contributed by atoms with Gasteiger partial charge < -0.3 is 0 Å². The average molecular weight is 301 g/mol. The van der Waals surface area contributed by atoms with Gasteiger partial charge in [-0.05, 0) is 29.0 Å². The third-order valence-electron chi connectivity index (χ3n) is 3.01. The van der Waals surface area contributed by atoms with Crippen LogP contribution in [0.5, 0.6) is 0 Å². The minimum absolute atomic E-state index is 0.485. The van der Waals surface area contributed by atoms with E-state index in [2.05, 4.69) is 15.9 Å². The Hall–Kier alpha value is -2.47. The number of benzene rings is 1. The fourth-order valence-corrected chi connectivity index (χ4v) is 3.28. The maximum atomic E-state index is 12.1. The molecule has 2 aromatic rings. The number of carbonyl (C=O) groups excluding carboxylic acids is 1. The van der Waals surface area contributed by atoms with Crippen LogP contribution in [0, 0.1) is 0 Å². The number of rotatable bonds is 3. The Balaban J connectivity index is 1.67.